The van der Waals surface area contributed by atoms with E-state index in [1.165, 1.54) is 12.8 Å². The van der Waals surface area contributed by atoms with Crippen LogP contribution in [0, 0.1) is 0 Å². The van der Waals surface area contributed by atoms with Crippen LogP contribution < -0.4 is 5.32 Å². The summed E-state index contributed by atoms with van der Waals surface area (Å²) in [6, 6.07) is -0.467. The molecule has 0 saturated heterocycles. The molecule has 122 valence electrons. The van der Waals surface area contributed by atoms with E-state index in [9.17, 15) is 9.59 Å². The van der Waals surface area contributed by atoms with Crippen molar-refractivity contribution >= 4 is 12.0 Å². The monoisotopic (exact) mass is 299 g/mol. The van der Waals surface area contributed by atoms with Crippen LogP contribution in [0.15, 0.2) is 0 Å². The molecule has 1 aliphatic carbocycles. The van der Waals surface area contributed by atoms with E-state index in [0.717, 1.165) is 12.8 Å². The summed E-state index contributed by atoms with van der Waals surface area (Å²) in [7, 11) is 4.12. The van der Waals surface area contributed by atoms with Crippen molar-refractivity contribution in [2.45, 2.75) is 57.5 Å². The van der Waals surface area contributed by atoms with E-state index in [2.05, 4.69) is 24.3 Å². The first-order valence-corrected chi connectivity index (χ1v) is 7.76. The van der Waals surface area contributed by atoms with Crippen LogP contribution >= 0.6 is 0 Å². The van der Waals surface area contributed by atoms with E-state index in [1.807, 2.05) is 6.92 Å². The molecule has 1 saturated carbocycles. The number of likely N-dealkylation sites (N-methyl/N-ethyl adjacent to an activating group) is 1. The van der Waals surface area contributed by atoms with E-state index in [4.69, 9.17) is 5.11 Å². The number of amides is 2. The number of carbonyl (C=O) groups is 2. The van der Waals surface area contributed by atoms with Gasteiger partial charge in [-0.15, -0.1) is 0 Å². The fraction of sp³-hybridized carbons (Fsp3) is 0.867. The fourth-order valence-electron chi connectivity index (χ4n) is 3.18. The number of carbonyl (C=O) groups excluding carboxylic acids is 1. The highest BCUT2D eigenvalue weighted by Gasteiger charge is 2.36. The molecule has 0 aliphatic heterocycles. The Morgan fingerprint density at radius 3 is 2.29 bits per heavy atom. The van der Waals surface area contributed by atoms with Crippen molar-refractivity contribution in [2.24, 2.45) is 0 Å². The van der Waals surface area contributed by atoms with Gasteiger partial charge in [0.25, 0.3) is 0 Å². The molecule has 0 heterocycles. The molecule has 6 nitrogen and oxygen atoms in total. The fourth-order valence-corrected chi connectivity index (χ4v) is 3.18. The van der Waals surface area contributed by atoms with Crippen LogP contribution in [0.3, 0.4) is 0 Å². The minimum Gasteiger partial charge on any atom is -0.481 e. The Labute approximate surface area is 127 Å². The average molecular weight is 299 g/mol. The first-order valence-electron chi connectivity index (χ1n) is 7.76. The van der Waals surface area contributed by atoms with Crippen molar-refractivity contribution in [3.05, 3.63) is 0 Å². The van der Waals surface area contributed by atoms with Gasteiger partial charge in [-0.25, -0.2) is 4.79 Å². The van der Waals surface area contributed by atoms with Crippen LogP contribution in [-0.4, -0.2) is 65.7 Å². The van der Waals surface area contributed by atoms with E-state index in [1.54, 1.807) is 11.8 Å². The van der Waals surface area contributed by atoms with Crippen molar-refractivity contribution in [3.63, 3.8) is 0 Å². The normalized spacial score (nSPS) is 18.5. The van der Waals surface area contributed by atoms with Gasteiger partial charge in [0.2, 0.25) is 0 Å². The second-order valence-corrected chi connectivity index (χ2v) is 6.22. The first-order chi connectivity index (χ1) is 9.82. The van der Waals surface area contributed by atoms with Gasteiger partial charge in [0, 0.05) is 24.7 Å². The van der Waals surface area contributed by atoms with Crippen LogP contribution in [0.5, 0.6) is 0 Å². The zero-order valence-electron chi connectivity index (χ0n) is 13.7. The summed E-state index contributed by atoms with van der Waals surface area (Å²) in [5.74, 6) is -0.880. The zero-order valence-corrected chi connectivity index (χ0v) is 13.7. The molecular weight excluding hydrogens is 270 g/mol. The van der Waals surface area contributed by atoms with Crippen molar-refractivity contribution in [2.75, 3.05) is 27.2 Å². The van der Waals surface area contributed by atoms with E-state index in [-0.39, 0.29) is 24.0 Å². The number of hydrogen-bond donors (Lipinski definition) is 2. The number of rotatable bonds is 7. The summed E-state index contributed by atoms with van der Waals surface area (Å²) in [6.07, 6.45) is 4.55. The number of nitrogens with one attached hydrogen (secondary N) is 1. The Bertz CT molecular complexity index is 365. The van der Waals surface area contributed by atoms with Gasteiger partial charge in [0.1, 0.15) is 0 Å². The third-order valence-electron chi connectivity index (χ3n) is 4.66. The van der Waals surface area contributed by atoms with Crippen molar-refractivity contribution in [1.82, 2.24) is 15.1 Å². The Hall–Kier alpha value is -1.30. The SMILES string of the molecule is CCN(C(=O)NCC1(N(C)C)CCCC1)C(C)CC(=O)O. The summed E-state index contributed by atoms with van der Waals surface area (Å²) < 4.78 is 0. The molecule has 0 radical (unpaired) electrons. The van der Waals surface area contributed by atoms with E-state index in [0.29, 0.717) is 13.1 Å². The Kier molecular flexibility index (Phi) is 6.45. The van der Waals surface area contributed by atoms with Crippen molar-refractivity contribution in [3.8, 4) is 0 Å². The Morgan fingerprint density at radius 2 is 1.86 bits per heavy atom. The molecule has 0 aromatic carbocycles. The van der Waals surface area contributed by atoms with E-state index < -0.39 is 5.97 Å². The first kappa shape index (κ1) is 17.8. The van der Waals surface area contributed by atoms with Crippen LogP contribution in [0.25, 0.3) is 0 Å². The largest absolute Gasteiger partial charge is 0.481 e. The molecule has 0 aromatic rings. The van der Waals surface area contributed by atoms with Gasteiger partial charge >= 0.3 is 12.0 Å². The highest BCUT2D eigenvalue weighted by molar-refractivity contribution is 5.76. The maximum absolute atomic E-state index is 12.3. The van der Waals surface area contributed by atoms with Gasteiger partial charge in [0.15, 0.2) is 0 Å². The van der Waals surface area contributed by atoms with Crippen LogP contribution in [0.2, 0.25) is 0 Å². The highest BCUT2D eigenvalue weighted by atomic mass is 16.4. The lowest BCUT2D eigenvalue weighted by Gasteiger charge is -2.37. The molecule has 1 unspecified atom stereocenters. The molecule has 0 aromatic heterocycles. The van der Waals surface area contributed by atoms with Gasteiger partial charge in [-0.2, -0.15) is 0 Å². The number of hydrogen-bond acceptors (Lipinski definition) is 3. The molecule has 2 N–H and O–H groups in total. The Morgan fingerprint density at radius 1 is 1.29 bits per heavy atom. The summed E-state index contributed by atoms with van der Waals surface area (Å²) >= 11 is 0. The molecular formula is C15H29N3O3. The molecule has 1 aliphatic rings. The van der Waals surface area contributed by atoms with Crippen molar-refractivity contribution in [1.29, 1.82) is 0 Å². The minimum absolute atomic E-state index is 0.0277. The second kappa shape index (κ2) is 7.64. The van der Waals surface area contributed by atoms with Crippen LogP contribution in [0.1, 0.15) is 46.0 Å². The number of carboxylic acid groups (broad SMARTS) is 1. The summed E-state index contributed by atoms with van der Waals surface area (Å²) in [5, 5.41) is 11.9. The minimum atomic E-state index is -0.880. The predicted octanol–water partition coefficient (Wildman–Crippen LogP) is 1.76. The molecule has 21 heavy (non-hydrogen) atoms. The second-order valence-electron chi connectivity index (χ2n) is 6.22. The summed E-state index contributed by atoms with van der Waals surface area (Å²) in [6.45, 7) is 4.77. The molecule has 1 fully saturated rings. The summed E-state index contributed by atoms with van der Waals surface area (Å²) in [5.41, 5.74) is 0.0467. The van der Waals surface area contributed by atoms with Crippen LogP contribution in [0.4, 0.5) is 4.79 Å². The van der Waals surface area contributed by atoms with Gasteiger partial charge in [0.05, 0.1) is 6.42 Å². The smallest absolute Gasteiger partial charge is 0.317 e. The van der Waals surface area contributed by atoms with Crippen molar-refractivity contribution < 1.29 is 14.7 Å². The predicted molar refractivity (Wildman–Crippen MR) is 82.4 cm³/mol. The number of urea groups is 1. The lowest BCUT2D eigenvalue weighted by atomic mass is 9.96. The molecule has 0 spiro atoms. The maximum Gasteiger partial charge on any atom is 0.317 e. The number of aliphatic carboxylic acids is 1. The number of nitrogens with zero attached hydrogens (tertiary/aromatic N) is 2. The molecule has 6 heteroatoms. The summed E-state index contributed by atoms with van der Waals surface area (Å²) in [4.78, 5) is 26.9. The lowest BCUT2D eigenvalue weighted by Crippen LogP contribution is -2.54. The topological polar surface area (TPSA) is 72.9 Å². The third-order valence-corrected chi connectivity index (χ3v) is 4.66. The molecule has 1 rings (SSSR count). The molecule has 0 bridgehead atoms. The number of carboxylic acids is 1. The average Bonchev–Trinajstić information content (AvgIpc) is 2.86. The zero-order chi connectivity index (χ0) is 16.0. The quantitative estimate of drug-likeness (QED) is 0.751. The van der Waals surface area contributed by atoms with Crippen LogP contribution in [-0.2, 0) is 4.79 Å². The highest BCUT2D eigenvalue weighted by Crippen LogP contribution is 2.33. The van der Waals surface area contributed by atoms with Gasteiger partial charge < -0.3 is 20.2 Å². The van der Waals surface area contributed by atoms with E-state index >= 15 is 0 Å². The van der Waals surface area contributed by atoms with Gasteiger partial charge in [-0.1, -0.05) is 12.8 Å². The van der Waals surface area contributed by atoms with Gasteiger partial charge in [-0.3, -0.25) is 4.79 Å². The molecule has 1 atom stereocenters. The maximum atomic E-state index is 12.3. The third kappa shape index (κ3) is 4.59. The van der Waals surface area contributed by atoms with Gasteiger partial charge in [-0.05, 0) is 40.8 Å². The standard InChI is InChI=1S/C15H29N3O3/c1-5-18(12(2)10-13(19)20)14(21)16-11-15(17(3)4)8-6-7-9-15/h12H,5-11H2,1-4H3,(H,16,21)(H,19,20). The molecule has 2 amide bonds. The Balaban J connectivity index is 2.59. The lowest BCUT2D eigenvalue weighted by molar-refractivity contribution is -0.138.